The van der Waals surface area contributed by atoms with E-state index in [2.05, 4.69) is 18.1 Å². The van der Waals surface area contributed by atoms with Crippen LogP contribution < -0.4 is 4.90 Å². The summed E-state index contributed by atoms with van der Waals surface area (Å²) in [5.74, 6) is 0.107. The van der Waals surface area contributed by atoms with Gasteiger partial charge in [0.05, 0.1) is 0 Å². The number of piperidine rings is 1. The minimum Gasteiger partial charge on any atom is -0.355 e. The lowest BCUT2D eigenvalue weighted by atomic mass is 9.96. The summed E-state index contributed by atoms with van der Waals surface area (Å²) >= 11 is 0. The highest BCUT2D eigenvalue weighted by atomic mass is 32.2. The maximum Gasteiger partial charge on any atom is 0.248 e. The molecule has 0 spiro atoms. The summed E-state index contributed by atoms with van der Waals surface area (Å²) in [5, 5.41) is 3.94. The van der Waals surface area contributed by atoms with E-state index in [0.717, 1.165) is 23.2 Å². The molecule has 2 aliphatic heterocycles. The number of nitrogens with zero attached hydrogens (tertiary/aromatic N) is 3. The third kappa shape index (κ3) is 4.51. The maximum atomic E-state index is 13.6. The number of hydrogen-bond acceptors (Lipinski definition) is 5. The molecule has 0 saturated carbocycles. The lowest BCUT2D eigenvalue weighted by Gasteiger charge is -2.34. The van der Waals surface area contributed by atoms with Crippen LogP contribution in [0.5, 0.6) is 0 Å². The van der Waals surface area contributed by atoms with Crippen molar-refractivity contribution in [1.29, 1.82) is 0 Å². The number of anilines is 1. The Kier molecular flexibility index (Phi) is 6.57. The van der Waals surface area contributed by atoms with Crippen LogP contribution in [0.4, 0.5) is 5.69 Å². The molecule has 3 heterocycles. The van der Waals surface area contributed by atoms with Gasteiger partial charge in [-0.05, 0) is 63.3 Å². The van der Waals surface area contributed by atoms with Crippen molar-refractivity contribution in [3.63, 3.8) is 0 Å². The van der Waals surface area contributed by atoms with Gasteiger partial charge in [-0.1, -0.05) is 59.3 Å². The van der Waals surface area contributed by atoms with Gasteiger partial charge in [-0.3, -0.25) is 4.79 Å². The van der Waals surface area contributed by atoms with Gasteiger partial charge in [0.1, 0.15) is 5.69 Å². The van der Waals surface area contributed by atoms with Crippen molar-refractivity contribution in [2.45, 2.75) is 51.0 Å². The van der Waals surface area contributed by atoms with Crippen LogP contribution >= 0.6 is 0 Å². The highest BCUT2D eigenvalue weighted by Gasteiger charge is 2.39. The van der Waals surface area contributed by atoms with Crippen molar-refractivity contribution in [1.82, 2.24) is 9.46 Å². The summed E-state index contributed by atoms with van der Waals surface area (Å²) in [6.07, 6.45) is 5.30. The summed E-state index contributed by atoms with van der Waals surface area (Å²) in [6.45, 7) is 6.29. The van der Waals surface area contributed by atoms with Gasteiger partial charge in [-0.2, -0.15) is 4.31 Å². The highest BCUT2D eigenvalue weighted by molar-refractivity contribution is 7.89. The van der Waals surface area contributed by atoms with Crippen LogP contribution in [0.3, 0.4) is 0 Å². The predicted octanol–water partition coefficient (Wildman–Crippen LogP) is 4.84. The van der Waals surface area contributed by atoms with Crippen molar-refractivity contribution < 1.29 is 17.7 Å². The SMILES string of the molecule is Cc1ccc(/C=C/c2onc(C)c2S(=O)(=O)N2CCC(C(=O)N3c4ccccc4C[C@H]3C)CC2)cc1. The summed E-state index contributed by atoms with van der Waals surface area (Å²) in [6, 6.07) is 16.1. The minimum atomic E-state index is -3.82. The van der Waals surface area contributed by atoms with E-state index in [0.29, 0.717) is 18.5 Å². The molecule has 1 amide bonds. The van der Waals surface area contributed by atoms with E-state index >= 15 is 0 Å². The lowest BCUT2D eigenvalue weighted by molar-refractivity contribution is -0.123. The molecule has 0 N–H and O–H groups in total. The minimum absolute atomic E-state index is 0.0902. The van der Waals surface area contributed by atoms with Gasteiger partial charge in [0.2, 0.25) is 15.9 Å². The van der Waals surface area contributed by atoms with Crippen LogP contribution in [0.1, 0.15) is 47.9 Å². The number of fused-ring (bicyclic) bond motifs is 1. The molecule has 188 valence electrons. The highest BCUT2D eigenvalue weighted by Crippen LogP contribution is 2.35. The molecule has 8 heteroatoms. The Morgan fingerprint density at radius 1 is 1.03 bits per heavy atom. The number of aromatic nitrogens is 1. The average molecular weight is 506 g/mol. The Morgan fingerprint density at radius 2 is 1.72 bits per heavy atom. The standard InChI is InChI=1S/C28H31N3O4S/c1-19-8-10-22(11-9-19)12-13-26-27(21(3)29-35-26)36(33,34)30-16-14-23(15-17-30)28(32)31-20(2)18-24-6-4-5-7-25(24)31/h4-13,20,23H,14-18H2,1-3H3/b13-12+/t20-/m1/s1. The molecular weight excluding hydrogens is 474 g/mol. The second kappa shape index (κ2) is 9.67. The first kappa shape index (κ1) is 24.5. The quantitative estimate of drug-likeness (QED) is 0.495. The number of carbonyl (C=O) groups is 1. The Bertz CT molecular complexity index is 1400. The molecule has 0 radical (unpaired) electrons. The topological polar surface area (TPSA) is 83.7 Å². The predicted molar refractivity (Wildman–Crippen MR) is 140 cm³/mol. The van der Waals surface area contributed by atoms with E-state index in [4.69, 9.17) is 4.52 Å². The number of hydrogen-bond donors (Lipinski definition) is 0. The second-order valence-electron chi connectivity index (χ2n) is 9.77. The van der Waals surface area contributed by atoms with Gasteiger partial charge in [0.15, 0.2) is 10.7 Å². The molecule has 1 aromatic heterocycles. The third-order valence-electron chi connectivity index (χ3n) is 7.18. The first-order valence-electron chi connectivity index (χ1n) is 12.4. The number of rotatable bonds is 5. The molecule has 5 rings (SSSR count). The zero-order chi connectivity index (χ0) is 25.4. The lowest BCUT2D eigenvalue weighted by Crippen LogP contribution is -2.46. The number of carbonyl (C=O) groups excluding carboxylic acids is 1. The summed E-state index contributed by atoms with van der Waals surface area (Å²) in [5.41, 5.74) is 4.59. The fourth-order valence-corrected chi connectivity index (χ4v) is 6.94. The molecule has 2 aliphatic rings. The van der Waals surface area contributed by atoms with Crippen LogP contribution in [-0.2, 0) is 21.2 Å². The third-order valence-corrected chi connectivity index (χ3v) is 9.24. The Labute approximate surface area is 212 Å². The van der Waals surface area contributed by atoms with Crippen LogP contribution in [-0.4, -0.2) is 42.9 Å². The number of para-hydroxylation sites is 1. The van der Waals surface area contributed by atoms with Gasteiger partial charge in [0.25, 0.3) is 0 Å². The fraction of sp³-hybridized carbons (Fsp3) is 0.357. The van der Waals surface area contributed by atoms with Crippen molar-refractivity contribution in [3.05, 3.63) is 76.7 Å². The summed E-state index contributed by atoms with van der Waals surface area (Å²) in [7, 11) is -3.82. The Morgan fingerprint density at radius 3 is 2.44 bits per heavy atom. The van der Waals surface area contributed by atoms with Crippen molar-refractivity contribution >= 4 is 33.8 Å². The fourth-order valence-electron chi connectivity index (χ4n) is 5.22. The zero-order valence-electron chi connectivity index (χ0n) is 20.8. The van der Waals surface area contributed by atoms with Crippen LogP contribution in [0.25, 0.3) is 12.2 Å². The molecule has 2 aromatic carbocycles. The summed E-state index contributed by atoms with van der Waals surface area (Å²) < 4.78 is 34.0. The van der Waals surface area contributed by atoms with Gasteiger partial charge < -0.3 is 9.42 Å². The number of sulfonamides is 1. The van der Waals surface area contributed by atoms with E-state index in [1.165, 1.54) is 9.87 Å². The normalized spacial score (nSPS) is 19.2. The van der Waals surface area contributed by atoms with Crippen LogP contribution in [0, 0.1) is 19.8 Å². The average Bonchev–Trinajstić information content (AvgIpc) is 3.42. The molecule has 0 bridgehead atoms. The Balaban J connectivity index is 1.30. The molecule has 36 heavy (non-hydrogen) atoms. The number of aryl methyl sites for hydroxylation is 2. The maximum absolute atomic E-state index is 13.6. The van der Waals surface area contributed by atoms with Gasteiger partial charge in [-0.15, -0.1) is 0 Å². The van der Waals surface area contributed by atoms with E-state index in [9.17, 15) is 13.2 Å². The molecule has 0 aliphatic carbocycles. The van der Waals surface area contributed by atoms with E-state index in [1.54, 1.807) is 13.0 Å². The number of benzene rings is 2. The second-order valence-corrected chi connectivity index (χ2v) is 11.6. The first-order chi connectivity index (χ1) is 17.3. The van der Waals surface area contributed by atoms with Crippen LogP contribution in [0.15, 0.2) is 57.9 Å². The molecule has 7 nitrogen and oxygen atoms in total. The van der Waals surface area contributed by atoms with Gasteiger partial charge in [0, 0.05) is 30.7 Å². The van der Waals surface area contributed by atoms with E-state index in [-0.39, 0.29) is 41.6 Å². The molecule has 1 fully saturated rings. The molecule has 1 atom stereocenters. The van der Waals surface area contributed by atoms with Gasteiger partial charge >= 0.3 is 0 Å². The van der Waals surface area contributed by atoms with Crippen molar-refractivity contribution in [3.8, 4) is 0 Å². The summed E-state index contributed by atoms with van der Waals surface area (Å²) in [4.78, 5) is 15.4. The monoisotopic (exact) mass is 505 g/mol. The van der Waals surface area contributed by atoms with Crippen molar-refractivity contribution in [2.75, 3.05) is 18.0 Å². The first-order valence-corrected chi connectivity index (χ1v) is 13.8. The van der Waals surface area contributed by atoms with E-state index in [1.807, 2.05) is 60.4 Å². The zero-order valence-corrected chi connectivity index (χ0v) is 21.7. The molecule has 1 saturated heterocycles. The van der Waals surface area contributed by atoms with Crippen LogP contribution in [0.2, 0.25) is 0 Å². The van der Waals surface area contributed by atoms with E-state index < -0.39 is 10.0 Å². The smallest absolute Gasteiger partial charge is 0.248 e. The molecule has 0 unspecified atom stereocenters. The molecular formula is C28H31N3O4S. The van der Waals surface area contributed by atoms with Crippen molar-refractivity contribution in [2.24, 2.45) is 5.92 Å². The largest absolute Gasteiger partial charge is 0.355 e. The Hall–Kier alpha value is -3.23. The number of amides is 1. The van der Waals surface area contributed by atoms with Gasteiger partial charge in [-0.25, -0.2) is 8.42 Å². The molecule has 3 aromatic rings.